The van der Waals surface area contributed by atoms with Gasteiger partial charge in [0.25, 0.3) is 5.24 Å². The van der Waals surface area contributed by atoms with Gasteiger partial charge in [-0.05, 0) is 107 Å². The summed E-state index contributed by atoms with van der Waals surface area (Å²) in [4.78, 5) is 53.1. The molecule has 0 aliphatic heterocycles. The molecule has 23 heteroatoms. The minimum Gasteiger partial charge on any atom is -0.508 e. The van der Waals surface area contributed by atoms with Crippen molar-refractivity contribution in [1.82, 2.24) is 0 Å². The highest BCUT2D eigenvalue weighted by atomic mass is 36.0. The van der Waals surface area contributed by atoms with Crippen molar-refractivity contribution in [3.8, 4) is 11.5 Å². The average molecular weight is 1150 g/mol. The zero-order valence-corrected chi connectivity index (χ0v) is 42.6. The number of carbonyl (C=O) groups excluding carboxylic acids is 3. The molecule has 0 saturated heterocycles. The first kappa shape index (κ1) is 66.3. The molecule has 0 saturated carbocycles. The molecule has 3 N–H and O–H groups in total. The van der Waals surface area contributed by atoms with Crippen LogP contribution in [0.1, 0.15) is 37.4 Å². The SMILES string of the molecule is ClCCl.ClCCl.O=C(/C=C/c1ccccc1)Oc1ccc(C(=O)Cl)cc1.O=C(Cl)/C=C/c1ccccc1.O=C(O)/C=C/c1ccccc1.O=C(O)c1ccc(O)cc1.O=S(Cl)Cl.O=S(Cl)Cl. The van der Waals surface area contributed by atoms with Gasteiger partial charge in [-0.1, -0.05) is 97.1 Å². The zero-order chi connectivity index (χ0) is 50.7. The Kier molecular flexibility index (Phi) is 45.1. The summed E-state index contributed by atoms with van der Waals surface area (Å²) in [6, 6.07) is 39.6. The molecule has 5 rings (SSSR count). The summed E-state index contributed by atoms with van der Waals surface area (Å²) < 4.78 is 23.3. The van der Waals surface area contributed by atoms with E-state index in [9.17, 15) is 24.0 Å². The monoisotopic (exact) mass is 1140 g/mol. The Morgan fingerprint density at radius 3 is 1.12 bits per heavy atom. The fourth-order valence-electron chi connectivity index (χ4n) is 3.59. The quantitative estimate of drug-likeness (QED) is 0.0419. The number of halogens is 10. The molecule has 0 amide bonds. The Morgan fingerprint density at radius 2 is 0.818 bits per heavy atom. The lowest BCUT2D eigenvalue weighted by Crippen LogP contribution is -2.03. The van der Waals surface area contributed by atoms with Crippen molar-refractivity contribution in [3.05, 3.63) is 186 Å². The third kappa shape index (κ3) is 46.6. The number of ether oxygens (including phenoxy) is 1. The number of allylic oxidation sites excluding steroid dienone is 1. The Hall–Kier alpha value is -3.93. The van der Waals surface area contributed by atoms with E-state index in [0.29, 0.717) is 11.3 Å². The standard InChI is InChI=1S/C16H11ClO3.C9H7ClO.C9H8O2.C7H6O3.2CH2Cl2.2Cl2OS/c17-16(19)13-7-9-14(10-8-13)20-15(18)11-6-12-4-2-1-3-5-12;2*10-9(11)7-6-8-4-2-1-3-5-8;8-6-3-1-5(2-4-6)7(9)10;2*2-1-3;2*1-4(2)3/h1-11H;1-7H;1-7H,(H,10,11);1-4,8H,(H,9,10);2*1H2;;/b11-6+;2*7-6+;;;;;. The molecule has 0 atom stereocenters. The van der Waals surface area contributed by atoms with Crippen molar-refractivity contribution in [2.75, 3.05) is 10.7 Å². The number of phenols is 1. The second-order valence-corrected chi connectivity index (χ2v) is 17.9. The van der Waals surface area contributed by atoms with E-state index >= 15 is 0 Å². The second-order valence-electron chi connectivity index (χ2n) is 10.5. The lowest BCUT2D eigenvalue weighted by atomic mass is 10.2. The van der Waals surface area contributed by atoms with Crippen molar-refractivity contribution in [1.29, 1.82) is 0 Å². The van der Waals surface area contributed by atoms with E-state index in [-0.39, 0.29) is 22.0 Å². The number of phenolic OH excluding ortho intramolecular Hbond substituents is 1. The molecular formula is C43H36Cl10O11S2. The van der Waals surface area contributed by atoms with Gasteiger partial charge in [0.05, 0.1) is 16.2 Å². The van der Waals surface area contributed by atoms with Crippen LogP contribution in [-0.2, 0) is 32.8 Å². The number of rotatable bonds is 9. The Bertz CT molecular complexity index is 2160. The van der Waals surface area contributed by atoms with Crippen LogP contribution in [0.3, 0.4) is 0 Å². The van der Waals surface area contributed by atoms with Crippen molar-refractivity contribution >= 4 is 177 Å². The summed E-state index contributed by atoms with van der Waals surface area (Å²) in [7, 11) is 14.7. The maximum absolute atomic E-state index is 11.6. The number of carboxylic acids is 2. The van der Waals surface area contributed by atoms with Crippen LogP contribution in [0.15, 0.2) is 158 Å². The fourth-order valence-corrected chi connectivity index (χ4v) is 3.78. The highest BCUT2D eigenvalue weighted by Gasteiger charge is 2.04. The smallest absolute Gasteiger partial charge is 0.336 e. The van der Waals surface area contributed by atoms with Crippen LogP contribution < -0.4 is 4.74 Å². The Morgan fingerprint density at radius 1 is 0.500 bits per heavy atom. The number of carboxylic acid groups (broad SMARTS) is 2. The van der Waals surface area contributed by atoms with Gasteiger partial charge in [-0.15, -0.1) is 46.4 Å². The van der Waals surface area contributed by atoms with Crippen LogP contribution in [0.25, 0.3) is 18.2 Å². The van der Waals surface area contributed by atoms with E-state index in [4.69, 9.17) is 98.1 Å². The number of aromatic hydroxyl groups is 1. The topological polar surface area (TPSA) is 189 Å². The van der Waals surface area contributed by atoms with Crippen LogP contribution in [0.5, 0.6) is 11.5 Å². The van der Waals surface area contributed by atoms with Crippen molar-refractivity contribution < 1.29 is 52.4 Å². The Labute approximate surface area is 433 Å². The third-order valence-electron chi connectivity index (χ3n) is 6.05. The molecule has 66 heavy (non-hydrogen) atoms. The van der Waals surface area contributed by atoms with Gasteiger partial charge < -0.3 is 20.1 Å². The molecule has 0 heterocycles. The summed E-state index contributed by atoms with van der Waals surface area (Å²) in [6.07, 6.45) is 8.69. The summed E-state index contributed by atoms with van der Waals surface area (Å²) in [5.74, 6) is -1.97. The van der Waals surface area contributed by atoms with E-state index in [1.165, 1.54) is 60.7 Å². The van der Waals surface area contributed by atoms with Gasteiger partial charge in [0.15, 0.2) is 0 Å². The summed E-state index contributed by atoms with van der Waals surface area (Å²) in [5, 5.41) is 24.8. The number of aliphatic carboxylic acids is 1. The first-order chi connectivity index (χ1) is 31.2. The van der Waals surface area contributed by atoms with Crippen LogP contribution in [0.4, 0.5) is 0 Å². The van der Waals surface area contributed by atoms with Gasteiger partial charge in [0, 0.05) is 60.4 Å². The summed E-state index contributed by atoms with van der Waals surface area (Å²) in [6.45, 7) is 0. The molecule has 0 spiro atoms. The van der Waals surface area contributed by atoms with Gasteiger partial charge in [-0.25, -0.2) is 22.8 Å². The first-order valence-electron chi connectivity index (χ1n) is 17.1. The third-order valence-corrected chi connectivity index (χ3v) is 6.39. The number of esters is 1. The van der Waals surface area contributed by atoms with Crippen molar-refractivity contribution in [2.24, 2.45) is 0 Å². The molecule has 5 aromatic rings. The first-order valence-corrected chi connectivity index (χ1v) is 25.6. The number of carbonyl (C=O) groups is 5. The summed E-state index contributed by atoms with van der Waals surface area (Å²) >= 11 is 29.5. The maximum atomic E-state index is 11.6. The van der Waals surface area contributed by atoms with E-state index in [0.717, 1.165) is 22.8 Å². The normalized spacial score (nSPS) is 9.58. The minimum absolute atomic E-state index is 0.0741. The van der Waals surface area contributed by atoms with Gasteiger partial charge in [0.1, 0.15) is 11.5 Å². The number of hydrogen-bond donors (Lipinski definition) is 3. The highest BCUT2D eigenvalue weighted by Crippen LogP contribution is 2.14. The van der Waals surface area contributed by atoms with Crippen molar-refractivity contribution in [3.63, 3.8) is 0 Å². The predicted molar refractivity (Wildman–Crippen MR) is 275 cm³/mol. The average Bonchev–Trinajstić information content (AvgIpc) is 3.26. The van der Waals surface area contributed by atoms with Gasteiger partial charge >= 0.3 is 17.9 Å². The Balaban J connectivity index is -0.000000753. The van der Waals surface area contributed by atoms with E-state index in [2.05, 4.69) is 42.7 Å². The fraction of sp³-hybridized carbons (Fsp3) is 0.0465. The molecule has 0 unspecified atom stereocenters. The molecule has 5 aromatic carbocycles. The molecule has 356 valence electrons. The molecule has 0 bridgehead atoms. The molecular weight excluding hydrogens is 1110 g/mol. The lowest BCUT2D eigenvalue weighted by Gasteiger charge is -2.01. The predicted octanol–water partition coefficient (Wildman–Crippen LogP) is 14.0. The second kappa shape index (κ2) is 44.9. The van der Waals surface area contributed by atoms with E-state index in [1.807, 2.05) is 91.0 Å². The lowest BCUT2D eigenvalue weighted by molar-refractivity contribution is -0.131. The van der Waals surface area contributed by atoms with Crippen molar-refractivity contribution in [2.45, 2.75) is 0 Å². The molecule has 0 aliphatic rings. The van der Waals surface area contributed by atoms with Gasteiger partial charge in [-0.2, -0.15) is 0 Å². The highest BCUT2D eigenvalue weighted by molar-refractivity contribution is 8.27. The van der Waals surface area contributed by atoms with E-state index < -0.39 is 46.8 Å². The summed E-state index contributed by atoms with van der Waals surface area (Å²) in [5.41, 5.74) is 3.31. The molecule has 0 aliphatic carbocycles. The van der Waals surface area contributed by atoms with Crippen LogP contribution >= 0.6 is 112 Å². The van der Waals surface area contributed by atoms with Gasteiger partial charge in [0.2, 0.25) is 23.7 Å². The van der Waals surface area contributed by atoms with Crippen LogP contribution in [0.2, 0.25) is 0 Å². The molecule has 0 radical (unpaired) electrons. The van der Waals surface area contributed by atoms with Gasteiger partial charge in [-0.3, -0.25) is 9.59 Å². The largest absolute Gasteiger partial charge is 0.508 e. The number of aromatic carboxylic acids is 1. The molecule has 0 aromatic heterocycles. The maximum Gasteiger partial charge on any atom is 0.336 e. The molecule has 0 fully saturated rings. The number of alkyl halides is 4. The van der Waals surface area contributed by atoms with E-state index in [1.54, 1.807) is 18.2 Å². The molecule has 11 nitrogen and oxygen atoms in total. The zero-order valence-electron chi connectivity index (χ0n) is 33.4. The van der Waals surface area contributed by atoms with Crippen LogP contribution in [-0.4, -0.2) is 62.8 Å². The number of benzene rings is 5. The van der Waals surface area contributed by atoms with Crippen LogP contribution in [0, 0.1) is 0 Å². The minimum atomic E-state index is -1.67. The number of hydrogen-bond acceptors (Lipinski definition) is 9.